The molecule has 0 bridgehead atoms. The van der Waals surface area contributed by atoms with Gasteiger partial charge in [-0.25, -0.2) is 0 Å². The van der Waals surface area contributed by atoms with Crippen molar-refractivity contribution >= 4 is 13.7 Å². The van der Waals surface area contributed by atoms with Gasteiger partial charge in [-0.3, -0.25) is 9.36 Å². The van der Waals surface area contributed by atoms with Crippen LogP contribution in [0.4, 0.5) is 0 Å². The number of rotatable bonds is 64. The van der Waals surface area contributed by atoms with E-state index >= 15 is 0 Å². The molecule has 0 saturated heterocycles. The maximum Gasteiger partial charge on any atom is 0.268 e. The molecule has 0 rings (SSSR count). The molecule has 8 nitrogen and oxygen atoms in total. The number of allylic oxidation sites excluding steroid dienone is 12. The second-order valence-corrected chi connectivity index (χ2v) is 26.3. The van der Waals surface area contributed by atoms with Crippen molar-refractivity contribution in [1.82, 2.24) is 5.32 Å². The Morgan fingerprint density at radius 2 is 0.753 bits per heavy atom. The summed E-state index contributed by atoms with van der Waals surface area (Å²) in [7, 11) is 1.30. The minimum absolute atomic E-state index is 0.00782. The van der Waals surface area contributed by atoms with E-state index in [2.05, 4.69) is 92.1 Å². The first-order valence-corrected chi connectivity index (χ1v) is 36.2. The lowest BCUT2D eigenvalue weighted by atomic mass is 10.0. The molecule has 0 aromatic carbocycles. The highest BCUT2D eigenvalue weighted by atomic mass is 31.2. The van der Waals surface area contributed by atoms with E-state index in [9.17, 15) is 19.4 Å². The van der Waals surface area contributed by atoms with Gasteiger partial charge in [0.1, 0.15) is 13.2 Å². The molecule has 0 radical (unpaired) electrons. The quantitative estimate of drug-likeness (QED) is 0.0272. The second-order valence-electron chi connectivity index (χ2n) is 24.9. The number of nitrogens with zero attached hydrogens (tertiary/aromatic N) is 1. The van der Waals surface area contributed by atoms with Crippen molar-refractivity contribution in [1.29, 1.82) is 0 Å². The lowest BCUT2D eigenvalue weighted by Gasteiger charge is -2.30. The Bertz CT molecular complexity index is 1550. The smallest absolute Gasteiger partial charge is 0.268 e. The summed E-state index contributed by atoms with van der Waals surface area (Å²) in [6.45, 7) is 4.64. The van der Waals surface area contributed by atoms with Gasteiger partial charge in [0.25, 0.3) is 7.82 Å². The first-order chi connectivity index (χ1) is 39.5. The Labute approximate surface area is 504 Å². The number of aliphatic hydroxyl groups is 1. The second kappa shape index (κ2) is 62.5. The molecule has 0 spiro atoms. The number of unbranched alkanes of at least 4 members (excludes halogenated alkanes) is 39. The van der Waals surface area contributed by atoms with Crippen molar-refractivity contribution in [3.63, 3.8) is 0 Å². The van der Waals surface area contributed by atoms with E-state index in [0.717, 1.165) is 83.5 Å². The van der Waals surface area contributed by atoms with Gasteiger partial charge < -0.3 is 28.8 Å². The number of phosphoric acid groups is 1. The maximum absolute atomic E-state index is 13.1. The van der Waals surface area contributed by atoms with Gasteiger partial charge in [-0.05, 0) is 64.2 Å². The number of carbonyl (C=O) groups excluding carboxylic acids is 1. The molecule has 0 fully saturated rings. The number of phosphoric ester groups is 1. The first-order valence-electron chi connectivity index (χ1n) is 34.8. The molecule has 1 amide bonds. The summed E-state index contributed by atoms with van der Waals surface area (Å²) in [5, 5.41) is 14.1. The summed E-state index contributed by atoms with van der Waals surface area (Å²) in [4.78, 5) is 25.7. The van der Waals surface area contributed by atoms with Crippen LogP contribution in [0, 0.1) is 0 Å². The molecule has 81 heavy (non-hydrogen) atoms. The largest absolute Gasteiger partial charge is 0.756 e. The molecule has 474 valence electrons. The van der Waals surface area contributed by atoms with Crippen molar-refractivity contribution in [2.45, 2.75) is 341 Å². The lowest BCUT2D eigenvalue weighted by molar-refractivity contribution is -0.870. The first kappa shape index (κ1) is 78.9. The molecular weight excluding hydrogens is 1020 g/mol. The van der Waals surface area contributed by atoms with Gasteiger partial charge in [-0.2, -0.15) is 0 Å². The van der Waals surface area contributed by atoms with E-state index < -0.39 is 20.0 Å². The Balaban J connectivity index is 4.06. The molecular formula is C72H135N2O6P. The van der Waals surface area contributed by atoms with E-state index in [1.165, 1.54) is 218 Å². The van der Waals surface area contributed by atoms with Gasteiger partial charge in [-0.15, -0.1) is 0 Å². The highest BCUT2D eigenvalue weighted by molar-refractivity contribution is 7.45. The molecule has 0 aliphatic heterocycles. The number of nitrogens with one attached hydrogen (secondary N) is 1. The molecule has 3 atom stereocenters. The third-order valence-electron chi connectivity index (χ3n) is 15.7. The van der Waals surface area contributed by atoms with Crippen molar-refractivity contribution in [3.05, 3.63) is 72.9 Å². The van der Waals surface area contributed by atoms with Crippen LogP contribution < -0.4 is 10.2 Å². The molecule has 0 heterocycles. The Kier molecular flexibility index (Phi) is 60.9. The normalized spacial score (nSPS) is 14.1. The third kappa shape index (κ3) is 65.3. The zero-order chi connectivity index (χ0) is 59.1. The molecule has 0 aromatic rings. The van der Waals surface area contributed by atoms with E-state index in [1.54, 1.807) is 0 Å². The summed E-state index contributed by atoms with van der Waals surface area (Å²) in [6, 6.07) is -0.812. The summed E-state index contributed by atoms with van der Waals surface area (Å²) in [5.41, 5.74) is 0. The van der Waals surface area contributed by atoms with Crippen molar-refractivity contribution in [2.24, 2.45) is 0 Å². The number of amides is 1. The predicted octanol–water partition coefficient (Wildman–Crippen LogP) is 21.5. The molecule has 2 N–H and O–H groups in total. The fourth-order valence-electron chi connectivity index (χ4n) is 10.3. The maximum atomic E-state index is 13.1. The minimum Gasteiger partial charge on any atom is -0.756 e. The van der Waals surface area contributed by atoms with Crippen LogP contribution in [0.15, 0.2) is 72.9 Å². The van der Waals surface area contributed by atoms with Crippen molar-refractivity contribution in [2.75, 3.05) is 40.9 Å². The summed E-state index contributed by atoms with van der Waals surface area (Å²) in [6.07, 6.45) is 86.9. The number of hydrogen-bond acceptors (Lipinski definition) is 6. The van der Waals surface area contributed by atoms with Gasteiger partial charge in [0.15, 0.2) is 0 Å². The van der Waals surface area contributed by atoms with Crippen LogP contribution >= 0.6 is 7.82 Å². The van der Waals surface area contributed by atoms with Gasteiger partial charge >= 0.3 is 0 Å². The van der Waals surface area contributed by atoms with Crippen LogP contribution in [0.2, 0.25) is 0 Å². The molecule has 9 heteroatoms. The fraction of sp³-hybridized carbons (Fsp3) is 0.819. The highest BCUT2D eigenvalue weighted by Gasteiger charge is 2.24. The zero-order valence-electron chi connectivity index (χ0n) is 54.2. The van der Waals surface area contributed by atoms with Crippen molar-refractivity contribution < 1.29 is 32.9 Å². The molecule has 0 saturated carbocycles. The number of hydrogen-bond donors (Lipinski definition) is 2. The zero-order valence-corrected chi connectivity index (χ0v) is 55.1. The third-order valence-corrected chi connectivity index (χ3v) is 16.7. The number of carbonyl (C=O) groups is 1. The van der Waals surface area contributed by atoms with Gasteiger partial charge in [0, 0.05) is 6.42 Å². The van der Waals surface area contributed by atoms with Crippen LogP contribution in [-0.2, 0) is 18.4 Å². The lowest BCUT2D eigenvalue weighted by Crippen LogP contribution is -2.46. The predicted molar refractivity (Wildman–Crippen MR) is 353 cm³/mol. The highest BCUT2D eigenvalue weighted by Crippen LogP contribution is 2.38. The van der Waals surface area contributed by atoms with Crippen LogP contribution in [0.3, 0.4) is 0 Å². The topological polar surface area (TPSA) is 108 Å². The Morgan fingerprint density at radius 1 is 0.444 bits per heavy atom. The molecule has 0 aliphatic rings. The van der Waals surface area contributed by atoms with Gasteiger partial charge in [0.05, 0.1) is 39.9 Å². The number of quaternary nitrogens is 1. The number of aliphatic hydroxyl groups excluding tert-OH is 1. The SMILES string of the molecule is CC/C=C\C/C=C\C/C=C\C/C=C\C/C=C\C/C=C\CCCCCCCCCCC(=O)NC(COP(=O)([O-])OCC[N+](C)(C)C)C(O)CCCCCCCCCCCCCCCCCCCCCCCCCCCCCCCCCC. The van der Waals surface area contributed by atoms with Crippen LogP contribution in [0.5, 0.6) is 0 Å². The molecule has 0 aliphatic carbocycles. The standard InChI is InChI=1S/C72H135N2O6P/c1-6-8-10-12-14-16-18-20-22-24-26-28-30-32-34-35-36-37-38-40-41-43-45-47-49-51-53-55-57-59-61-63-65-71(75)70(69-80-81(77,78)79-68-67-74(3,4)5)73-72(76)66-64-62-60-58-56-54-52-50-48-46-44-42-39-33-31-29-27-25-23-21-19-17-15-13-11-9-7-2/h9,11,15,17,21,23,27,29,33,39,44,46,70-71,75H,6-8,10,12-14,16,18-20,22,24-26,28,30-32,34-38,40-43,45,47-69H2,1-5H3,(H-,73,76,77,78)/b11-9-,17-15-,23-21-,29-27-,39-33-,46-44-. The Morgan fingerprint density at radius 3 is 1.10 bits per heavy atom. The van der Waals surface area contributed by atoms with Crippen LogP contribution in [0.1, 0.15) is 328 Å². The van der Waals surface area contributed by atoms with E-state index in [1.807, 2.05) is 21.1 Å². The number of likely N-dealkylation sites (N-methyl/N-ethyl adjacent to an activating group) is 1. The Hall–Kier alpha value is -2.06. The average molecular weight is 1160 g/mol. The molecule has 0 aromatic heterocycles. The fourth-order valence-corrected chi connectivity index (χ4v) is 11.1. The molecule has 3 unspecified atom stereocenters. The summed E-state index contributed by atoms with van der Waals surface area (Å²) >= 11 is 0. The van der Waals surface area contributed by atoms with E-state index in [-0.39, 0.29) is 19.1 Å². The van der Waals surface area contributed by atoms with E-state index in [4.69, 9.17) is 9.05 Å². The van der Waals surface area contributed by atoms with Gasteiger partial charge in [-0.1, -0.05) is 331 Å². The minimum atomic E-state index is -4.59. The van der Waals surface area contributed by atoms with Crippen molar-refractivity contribution in [3.8, 4) is 0 Å². The van der Waals surface area contributed by atoms with Gasteiger partial charge in [0.2, 0.25) is 5.91 Å². The van der Waals surface area contributed by atoms with Crippen LogP contribution in [0.25, 0.3) is 0 Å². The monoisotopic (exact) mass is 1160 g/mol. The average Bonchev–Trinajstić information content (AvgIpc) is 3.43. The van der Waals surface area contributed by atoms with Crippen LogP contribution in [-0.4, -0.2) is 68.5 Å². The summed E-state index contributed by atoms with van der Waals surface area (Å²) in [5.74, 6) is -0.172. The summed E-state index contributed by atoms with van der Waals surface area (Å²) < 4.78 is 23.5. The van der Waals surface area contributed by atoms with E-state index in [0.29, 0.717) is 23.9 Å².